The predicted molar refractivity (Wildman–Crippen MR) is 68.3 cm³/mol. The molecule has 15 heavy (non-hydrogen) atoms. The number of nitrogens with zero attached hydrogens (tertiary/aromatic N) is 1. The van der Waals surface area contributed by atoms with E-state index in [1.165, 1.54) is 25.1 Å². The van der Waals surface area contributed by atoms with Crippen molar-refractivity contribution >= 4 is 12.6 Å². The van der Waals surface area contributed by atoms with E-state index < -0.39 is 0 Å². The molecule has 0 unspecified atom stereocenters. The zero-order valence-corrected chi connectivity index (χ0v) is 10.2. The third kappa shape index (κ3) is 2.99. The molecule has 0 bridgehead atoms. The molecule has 0 amide bonds. The summed E-state index contributed by atoms with van der Waals surface area (Å²) in [7, 11) is 0. The zero-order valence-electron chi connectivity index (χ0n) is 9.26. The van der Waals surface area contributed by atoms with Crippen LogP contribution < -0.4 is 0 Å². The lowest BCUT2D eigenvalue weighted by molar-refractivity contribution is 0.182. The molecule has 1 aromatic carbocycles. The first-order chi connectivity index (χ1) is 7.25. The van der Waals surface area contributed by atoms with Crippen LogP contribution in [0.3, 0.4) is 0 Å². The molecule has 0 saturated carbocycles. The Morgan fingerprint density at radius 1 is 1.33 bits per heavy atom. The van der Waals surface area contributed by atoms with E-state index >= 15 is 0 Å². The van der Waals surface area contributed by atoms with Crippen LogP contribution in [0, 0.1) is 5.92 Å². The monoisotopic (exact) mass is 221 g/mol. The van der Waals surface area contributed by atoms with Crippen LogP contribution in [-0.4, -0.2) is 23.2 Å². The molecule has 0 radical (unpaired) electrons. The molecule has 1 aromatic rings. The van der Waals surface area contributed by atoms with Crippen LogP contribution >= 0.6 is 12.6 Å². The van der Waals surface area contributed by atoms with Crippen molar-refractivity contribution < 1.29 is 0 Å². The first-order valence-corrected chi connectivity index (χ1v) is 6.21. The van der Waals surface area contributed by atoms with Gasteiger partial charge in [0.25, 0.3) is 0 Å². The summed E-state index contributed by atoms with van der Waals surface area (Å²) in [5.41, 5.74) is 1.42. The maximum absolute atomic E-state index is 4.60. The van der Waals surface area contributed by atoms with Crippen molar-refractivity contribution in [2.45, 2.75) is 25.1 Å². The lowest BCUT2D eigenvalue weighted by Gasteiger charge is -2.34. The maximum atomic E-state index is 4.60. The van der Waals surface area contributed by atoms with Gasteiger partial charge in [-0.3, -0.25) is 4.90 Å². The van der Waals surface area contributed by atoms with Gasteiger partial charge in [-0.1, -0.05) is 37.3 Å². The Bertz CT molecular complexity index is 299. The molecule has 2 rings (SSSR count). The molecule has 0 aliphatic carbocycles. The molecule has 0 spiro atoms. The Kier molecular flexibility index (Phi) is 3.71. The van der Waals surface area contributed by atoms with Gasteiger partial charge < -0.3 is 0 Å². The van der Waals surface area contributed by atoms with E-state index in [-0.39, 0.29) is 0 Å². The van der Waals surface area contributed by atoms with Crippen LogP contribution in [0.4, 0.5) is 0 Å². The summed E-state index contributed by atoms with van der Waals surface area (Å²) in [6.45, 7) is 5.76. The van der Waals surface area contributed by atoms with Gasteiger partial charge in [0.2, 0.25) is 0 Å². The second-order valence-corrected chi connectivity index (χ2v) is 5.22. The number of benzene rings is 1. The lowest BCUT2D eigenvalue weighted by Crippen LogP contribution is -2.39. The fraction of sp³-hybridized carbons (Fsp3) is 0.538. The van der Waals surface area contributed by atoms with E-state index in [9.17, 15) is 0 Å². The average Bonchev–Trinajstić information content (AvgIpc) is 2.25. The smallest absolute Gasteiger partial charge is 0.0233 e. The van der Waals surface area contributed by atoms with Gasteiger partial charge in [-0.05, 0) is 24.4 Å². The minimum atomic E-state index is 0.594. The third-order valence-electron chi connectivity index (χ3n) is 3.19. The molecule has 1 fully saturated rings. The van der Waals surface area contributed by atoms with Crippen LogP contribution in [-0.2, 0) is 6.54 Å². The number of hydrogen-bond donors (Lipinski definition) is 1. The Morgan fingerprint density at radius 3 is 2.73 bits per heavy atom. The zero-order chi connectivity index (χ0) is 10.7. The molecular weight excluding hydrogens is 202 g/mol. The van der Waals surface area contributed by atoms with E-state index in [1.807, 2.05) is 0 Å². The van der Waals surface area contributed by atoms with E-state index in [2.05, 4.69) is 54.8 Å². The Balaban J connectivity index is 1.91. The molecule has 0 N–H and O–H groups in total. The van der Waals surface area contributed by atoms with E-state index in [4.69, 9.17) is 0 Å². The summed E-state index contributed by atoms with van der Waals surface area (Å²) < 4.78 is 0. The minimum absolute atomic E-state index is 0.594. The largest absolute Gasteiger partial charge is 0.299 e. The Labute approximate surface area is 97.9 Å². The van der Waals surface area contributed by atoms with Gasteiger partial charge in [0.05, 0.1) is 0 Å². The predicted octanol–water partition coefficient (Wildman–Crippen LogP) is 2.83. The molecule has 1 saturated heterocycles. The first-order valence-electron chi connectivity index (χ1n) is 5.70. The van der Waals surface area contributed by atoms with Crippen molar-refractivity contribution in [2.24, 2.45) is 5.92 Å². The van der Waals surface area contributed by atoms with Gasteiger partial charge in [-0.15, -0.1) is 0 Å². The van der Waals surface area contributed by atoms with Crippen LogP contribution in [0.5, 0.6) is 0 Å². The van der Waals surface area contributed by atoms with Crippen LogP contribution in [0.2, 0.25) is 0 Å². The van der Waals surface area contributed by atoms with Gasteiger partial charge >= 0.3 is 0 Å². The fourth-order valence-electron chi connectivity index (χ4n) is 2.20. The van der Waals surface area contributed by atoms with Crippen molar-refractivity contribution in [1.29, 1.82) is 0 Å². The topological polar surface area (TPSA) is 3.24 Å². The quantitative estimate of drug-likeness (QED) is 0.752. The lowest BCUT2D eigenvalue weighted by atomic mass is 9.99. The van der Waals surface area contributed by atoms with Crippen molar-refractivity contribution in [3.63, 3.8) is 0 Å². The summed E-state index contributed by atoms with van der Waals surface area (Å²) in [5.74, 6) is 0.714. The van der Waals surface area contributed by atoms with Gasteiger partial charge in [-0.2, -0.15) is 12.6 Å². The fourth-order valence-corrected chi connectivity index (χ4v) is 2.41. The Hall–Kier alpha value is -0.470. The number of likely N-dealkylation sites (tertiary alicyclic amines) is 1. The van der Waals surface area contributed by atoms with Gasteiger partial charge in [0.15, 0.2) is 0 Å². The van der Waals surface area contributed by atoms with E-state index in [0.717, 1.165) is 6.54 Å². The second-order valence-electron chi connectivity index (χ2n) is 4.55. The van der Waals surface area contributed by atoms with Crippen LogP contribution in [0.25, 0.3) is 0 Å². The van der Waals surface area contributed by atoms with Crippen molar-refractivity contribution in [1.82, 2.24) is 4.90 Å². The summed E-state index contributed by atoms with van der Waals surface area (Å²) in [4.78, 5) is 2.53. The average molecular weight is 221 g/mol. The molecule has 2 heteroatoms. The second kappa shape index (κ2) is 5.04. The molecule has 1 nitrogen and oxygen atoms in total. The molecular formula is C13H19NS. The minimum Gasteiger partial charge on any atom is -0.299 e. The molecule has 82 valence electrons. The van der Waals surface area contributed by atoms with E-state index in [0.29, 0.717) is 11.2 Å². The van der Waals surface area contributed by atoms with Gasteiger partial charge in [0.1, 0.15) is 0 Å². The highest BCUT2D eigenvalue weighted by molar-refractivity contribution is 7.81. The standard InChI is InChI=1S/C13H19NS/c1-11-9-14(8-7-13(11)15)10-12-5-3-2-4-6-12/h2-6,11,13,15H,7-10H2,1H3/t11-,13+/m1/s1. The van der Waals surface area contributed by atoms with Crippen LogP contribution in [0.1, 0.15) is 18.9 Å². The van der Waals surface area contributed by atoms with Crippen molar-refractivity contribution in [3.8, 4) is 0 Å². The highest BCUT2D eigenvalue weighted by Crippen LogP contribution is 2.22. The molecule has 1 aliphatic heterocycles. The highest BCUT2D eigenvalue weighted by Gasteiger charge is 2.22. The Morgan fingerprint density at radius 2 is 2.07 bits per heavy atom. The van der Waals surface area contributed by atoms with Crippen molar-refractivity contribution in [3.05, 3.63) is 35.9 Å². The van der Waals surface area contributed by atoms with E-state index in [1.54, 1.807) is 0 Å². The summed E-state index contributed by atoms with van der Waals surface area (Å²) >= 11 is 4.60. The number of piperidine rings is 1. The summed E-state index contributed by atoms with van der Waals surface area (Å²) in [6.07, 6.45) is 1.22. The van der Waals surface area contributed by atoms with Gasteiger partial charge in [-0.25, -0.2) is 0 Å². The molecule has 1 heterocycles. The maximum Gasteiger partial charge on any atom is 0.0233 e. The number of rotatable bonds is 2. The van der Waals surface area contributed by atoms with Crippen LogP contribution in [0.15, 0.2) is 30.3 Å². The SMILES string of the molecule is C[C@@H]1CN(Cc2ccccc2)CC[C@@H]1S. The number of hydrogen-bond acceptors (Lipinski definition) is 2. The normalized spacial score (nSPS) is 27.9. The molecule has 2 atom stereocenters. The first kappa shape index (κ1) is 11.0. The molecule has 0 aromatic heterocycles. The molecule has 1 aliphatic rings. The highest BCUT2D eigenvalue weighted by atomic mass is 32.1. The summed E-state index contributed by atoms with van der Waals surface area (Å²) in [5, 5.41) is 0.594. The van der Waals surface area contributed by atoms with Gasteiger partial charge in [0, 0.05) is 18.3 Å². The third-order valence-corrected chi connectivity index (χ3v) is 3.96. The number of thiol groups is 1. The van der Waals surface area contributed by atoms with Crippen molar-refractivity contribution in [2.75, 3.05) is 13.1 Å². The summed E-state index contributed by atoms with van der Waals surface area (Å²) in [6, 6.07) is 10.7.